The van der Waals surface area contributed by atoms with Crippen LogP contribution in [0.3, 0.4) is 0 Å². The highest BCUT2D eigenvalue weighted by Crippen LogP contribution is 2.29. The summed E-state index contributed by atoms with van der Waals surface area (Å²) in [7, 11) is -3.68. The lowest BCUT2D eigenvalue weighted by atomic mass is 9.93. The van der Waals surface area contributed by atoms with Gasteiger partial charge >= 0.3 is 0 Å². The van der Waals surface area contributed by atoms with Crippen LogP contribution in [0.1, 0.15) is 60.2 Å². The average Bonchev–Trinajstić information content (AvgIpc) is 3.43. The molecule has 1 aromatic heterocycles. The molecule has 10 nitrogen and oxygen atoms in total. The first kappa shape index (κ1) is 24.3. The second-order valence-electron chi connectivity index (χ2n) is 8.16. The molecule has 0 radical (unpaired) electrons. The van der Waals surface area contributed by atoms with E-state index < -0.39 is 22.0 Å². The maximum Gasteiger partial charge on any atom is 0.261 e. The van der Waals surface area contributed by atoms with Crippen LogP contribution in [-0.2, 0) is 19.6 Å². The topological polar surface area (TPSA) is 156 Å². The van der Waals surface area contributed by atoms with E-state index in [0.717, 1.165) is 36.9 Å². The zero-order chi connectivity index (χ0) is 23.5. The van der Waals surface area contributed by atoms with Crippen LogP contribution in [0.25, 0.3) is 0 Å². The van der Waals surface area contributed by atoms with Crippen molar-refractivity contribution in [2.45, 2.75) is 57.0 Å². The fraction of sp³-hybridized carbons (Fsp3) is 0.600. The molecular weight excluding hydrogens is 454 g/mol. The Morgan fingerprint density at radius 1 is 1.19 bits per heavy atom. The van der Waals surface area contributed by atoms with Crippen LogP contribution in [0.5, 0.6) is 0 Å². The van der Waals surface area contributed by atoms with Gasteiger partial charge in [-0.15, -0.1) is 15.7 Å². The van der Waals surface area contributed by atoms with Crippen LogP contribution in [0.4, 0.5) is 0 Å². The van der Waals surface area contributed by atoms with Gasteiger partial charge in [0.15, 0.2) is 5.84 Å². The summed E-state index contributed by atoms with van der Waals surface area (Å²) in [5, 5.41) is 1.54. The first-order chi connectivity index (χ1) is 15.1. The molecule has 1 aliphatic carbocycles. The van der Waals surface area contributed by atoms with Crippen molar-refractivity contribution in [1.29, 1.82) is 0 Å². The standard InChI is InChI=1S/C20H29N5O5S2/c1-32(29,30)23-18(22)16-10-13(12-31-16)19(27)25(14-6-3-2-4-7-14)20(28)15-8-5-9-24(15)17(26)11-21/h10,12,14-15H,2-9,11,21H2,1H3,(H2,22,23)/t15-/m0/s1. The first-order valence-electron chi connectivity index (χ1n) is 10.6. The van der Waals surface area contributed by atoms with E-state index in [1.54, 1.807) is 5.38 Å². The normalized spacial score (nSPS) is 20.4. The van der Waals surface area contributed by atoms with Crippen LogP contribution in [0.15, 0.2) is 15.8 Å². The molecule has 0 aromatic carbocycles. The Bertz CT molecular complexity index is 1010. The van der Waals surface area contributed by atoms with Crippen molar-refractivity contribution in [3.8, 4) is 0 Å². The fourth-order valence-corrected chi connectivity index (χ4v) is 5.63. The Hall–Kier alpha value is -2.31. The molecule has 1 atom stereocenters. The Morgan fingerprint density at radius 2 is 1.88 bits per heavy atom. The number of likely N-dealkylation sites (tertiary alicyclic amines) is 1. The van der Waals surface area contributed by atoms with Crippen molar-refractivity contribution < 1.29 is 22.8 Å². The number of thiophene rings is 1. The number of amides is 3. The van der Waals surface area contributed by atoms with Crippen LogP contribution >= 0.6 is 11.3 Å². The number of hydrogen-bond donors (Lipinski definition) is 2. The third-order valence-electron chi connectivity index (χ3n) is 5.79. The molecule has 32 heavy (non-hydrogen) atoms. The van der Waals surface area contributed by atoms with Crippen molar-refractivity contribution in [3.05, 3.63) is 21.9 Å². The van der Waals surface area contributed by atoms with E-state index in [9.17, 15) is 22.8 Å². The number of carbonyl (C=O) groups is 3. The largest absolute Gasteiger partial charge is 0.382 e. The summed E-state index contributed by atoms with van der Waals surface area (Å²) < 4.78 is 26.2. The lowest BCUT2D eigenvalue weighted by molar-refractivity contribution is -0.143. The smallest absolute Gasteiger partial charge is 0.261 e. The van der Waals surface area contributed by atoms with E-state index >= 15 is 0 Å². The van der Waals surface area contributed by atoms with E-state index in [4.69, 9.17) is 11.5 Å². The summed E-state index contributed by atoms with van der Waals surface area (Å²) in [4.78, 5) is 42.4. The number of amidine groups is 1. The summed E-state index contributed by atoms with van der Waals surface area (Å²) >= 11 is 1.08. The van der Waals surface area contributed by atoms with Gasteiger partial charge in [-0.05, 0) is 31.7 Å². The minimum atomic E-state index is -3.68. The van der Waals surface area contributed by atoms with E-state index in [-0.39, 0.29) is 35.8 Å². The van der Waals surface area contributed by atoms with Gasteiger partial charge in [0.1, 0.15) is 6.04 Å². The lowest BCUT2D eigenvalue weighted by Crippen LogP contribution is -2.54. The van der Waals surface area contributed by atoms with E-state index in [1.807, 2.05) is 0 Å². The van der Waals surface area contributed by atoms with Gasteiger partial charge in [0.2, 0.25) is 5.91 Å². The summed E-state index contributed by atoms with van der Waals surface area (Å²) in [5.74, 6) is -1.36. The maximum atomic E-state index is 13.6. The zero-order valence-corrected chi connectivity index (χ0v) is 19.7. The summed E-state index contributed by atoms with van der Waals surface area (Å²) in [6.45, 7) is 0.258. The third-order valence-corrected chi connectivity index (χ3v) is 7.27. The predicted molar refractivity (Wildman–Crippen MR) is 122 cm³/mol. The van der Waals surface area contributed by atoms with Crippen molar-refractivity contribution in [2.24, 2.45) is 15.9 Å². The fourth-order valence-electron chi connectivity index (χ4n) is 4.33. The van der Waals surface area contributed by atoms with Crippen LogP contribution in [0.2, 0.25) is 0 Å². The molecular formula is C20H29N5O5S2. The molecule has 0 bridgehead atoms. The second-order valence-corrected chi connectivity index (χ2v) is 10.7. The molecule has 1 aliphatic heterocycles. The number of sulfonamides is 1. The quantitative estimate of drug-likeness (QED) is 0.342. The number of imide groups is 1. The van der Waals surface area contributed by atoms with Gasteiger partial charge in [-0.3, -0.25) is 19.3 Å². The summed E-state index contributed by atoms with van der Waals surface area (Å²) in [6, 6.07) is 0.508. The van der Waals surface area contributed by atoms with Crippen LogP contribution < -0.4 is 11.5 Å². The molecule has 12 heteroatoms. The number of hydrogen-bond acceptors (Lipinski definition) is 7. The molecule has 2 fully saturated rings. The SMILES string of the molecule is CS(=O)(=O)N=C(N)c1cc(C(=O)N(C(=O)[C@@H]2CCCN2C(=O)CN)C2CCCCC2)cs1. The first-order valence-corrected chi connectivity index (χ1v) is 13.4. The highest BCUT2D eigenvalue weighted by molar-refractivity contribution is 7.89. The van der Waals surface area contributed by atoms with Gasteiger partial charge < -0.3 is 16.4 Å². The Balaban J connectivity index is 1.91. The molecule has 1 saturated heterocycles. The monoisotopic (exact) mass is 483 g/mol. The molecule has 0 unspecified atom stereocenters. The molecule has 1 aromatic rings. The molecule has 4 N–H and O–H groups in total. The molecule has 3 rings (SSSR count). The van der Waals surface area contributed by atoms with Gasteiger partial charge in [-0.2, -0.15) is 0 Å². The van der Waals surface area contributed by atoms with Gasteiger partial charge in [-0.25, -0.2) is 8.42 Å². The third kappa shape index (κ3) is 5.54. The van der Waals surface area contributed by atoms with Crippen LogP contribution in [0, 0.1) is 0 Å². The maximum absolute atomic E-state index is 13.6. The minimum absolute atomic E-state index is 0.187. The van der Waals surface area contributed by atoms with Gasteiger partial charge in [0, 0.05) is 18.0 Å². The predicted octanol–water partition coefficient (Wildman–Crippen LogP) is 0.664. The van der Waals surface area contributed by atoms with Crippen molar-refractivity contribution in [3.63, 3.8) is 0 Å². The van der Waals surface area contributed by atoms with Crippen molar-refractivity contribution >= 4 is 44.9 Å². The Kier molecular flexibility index (Phi) is 7.67. The molecule has 2 aliphatic rings. The molecule has 176 valence electrons. The lowest BCUT2D eigenvalue weighted by Gasteiger charge is -2.36. The van der Waals surface area contributed by atoms with Crippen LogP contribution in [-0.4, -0.2) is 73.2 Å². The Morgan fingerprint density at radius 3 is 2.50 bits per heavy atom. The van der Waals surface area contributed by atoms with E-state index in [1.165, 1.54) is 15.9 Å². The Labute approximate surface area is 191 Å². The zero-order valence-electron chi connectivity index (χ0n) is 18.0. The highest BCUT2D eigenvalue weighted by atomic mass is 32.2. The summed E-state index contributed by atoms with van der Waals surface area (Å²) in [5.41, 5.74) is 11.5. The van der Waals surface area contributed by atoms with Crippen molar-refractivity contribution in [1.82, 2.24) is 9.80 Å². The van der Waals surface area contributed by atoms with E-state index in [2.05, 4.69) is 4.40 Å². The second kappa shape index (κ2) is 10.1. The number of rotatable bonds is 6. The number of carbonyl (C=O) groups excluding carboxylic acids is 3. The minimum Gasteiger partial charge on any atom is -0.382 e. The molecule has 2 heterocycles. The van der Waals surface area contributed by atoms with E-state index in [0.29, 0.717) is 37.1 Å². The number of nitrogens with zero attached hydrogens (tertiary/aromatic N) is 3. The van der Waals surface area contributed by atoms with Gasteiger partial charge in [0.25, 0.3) is 21.8 Å². The molecule has 1 saturated carbocycles. The number of nitrogens with two attached hydrogens (primary N) is 2. The van der Waals surface area contributed by atoms with Gasteiger partial charge in [-0.1, -0.05) is 19.3 Å². The highest BCUT2D eigenvalue weighted by Gasteiger charge is 2.41. The summed E-state index contributed by atoms with van der Waals surface area (Å²) in [6.07, 6.45) is 6.41. The molecule has 3 amide bonds. The molecule has 0 spiro atoms. The van der Waals surface area contributed by atoms with Gasteiger partial charge in [0.05, 0.1) is 23.2 Å². The average molecular weight is 484 g/mol. The van der Waals surface area contributed by atoms with Crippen molar-refractivity contribution in [2.75, 3.05) is 19.3 Å².